The van der Waals surface area contributed by atoms with Gasteiger partial charge in [0.2, 0.25) is 0 Å². The summed E-state index contributed by atoms with van der Waals surface area (Å²) in [4.78, 5) is 2.36. The topological polar surface area (TPSA) is 23.5 Å². The molecule has 0 radical (unpaired) electrons. The van der Waals surface area contributed by atoms with E-state index in [4.69, 9.17) is 0 Å². The molecule has 0 saturated carbocycles. The lowest BCUT2D eigenvalue weighted by molar-refractivity contribution is 0.188. The van der Waals surface area contributed by atoms with Gasteiger partial charge in [-0.05, 0) is 36.2 Å². The molecule has 0 amide bonds. The van der Waals surface area contributed by atoms with Gasteiger partial charge >= 0.3 is 0 Å². The van der Waals surface area contributed by atoms with Crippen LogP contribution >= 0.6 is 0 Å². The van der Waals surface area contributed by atoms with E-state index in [1.165, 1.54) is 17.7 Å². The molecular weight excluding hydrogens is 265 g/mol. The molecule has 0 aliphatic carbocycles. The minimum absolute atomic E-state index is 0.101. The average Bonchev–Trinajstić information content (AvgIpc) is 2.93. The molecule has 0 bridgehead atoms. The van der Waals surface area contributed by atoms with E-state index in [0.29, 0.717) is 0 Å². The highest BCUT2D eigenvalue weighted by atomic mass is 19.1. The summed E-state index contributed by atoms with van der Waals surface area (Å²) in [7, 11) is 0. The minimum Gasteiger partial charge on any atom is -0.395 e. The Morgan fingerprint density at radius 2 is 1.76 bits per heavy atom. The van der Waals surface area contributed by atoms with Crippen LogP contribution in [0.15, 0.2) is 54.6 Å². The maximum atomic E-state index is 13.1. The molecule has 1 aliphatic rings. The Bertz CT molecular complexity index is 584. The van der Waals surface area contributed by atoms with E-state index in [9.17, 15) is 9.50 Å². The van der Waals surface area contributed by atoms with Crippen LogP contribution in [-0.4, -0.2) is 29.7 Å². The Morgan fingerprint density at radius 3 is 2.43 bits per heavy atom. The predicted octanol–water partition coefficient (Wildman–Crippen LogP) is 2.96. The van der Waals surface area contributed by atoms with Crippen LogP contribution in [0.3, 0.4) is 0 Å². The minimum atomic E-state index is -0.261. The van der Waals surface area contributed by atoms with Gasteiger partial charge in [0.1, 0.15) is 5.82 Å². The second kappa shape index (κ2) is 5.96. The molecule has 0 aromatic heterocycles. The second-order valence-electron chi connectivity index (χ2n) is 5.89. The van der Waals surface area contributed by atoms with Crippen LogP contribution in [-0.2, 0) is 12.0 Å². The van der Waals surface area contributed by atoms with Gasteiger partial charge < -0.3 is 5.11 Å². The number of hydrogen-bond acceptors (Lipinski definition) is 2. The molecule has 21 heavy (non-hydrogen) atoms. The molecule has 2 aromatic carbocycles. The van der Waals surface area contributed by atoms with Crippen LogP contribution in [0.4, 0.5) is 4.39 Å². The summed E-state index contributed by atoms with van der Waals surface area (Å²) in [6.45, 7) is 2.75. The molecule has 3 heteroatoms. The summed E-state index contributed by atoms with van der Waals surface area (Å²) in [5.41, 5.74) is 2.05. The van der Waals surface area contributed by atoms with Crippen molar-refractivity contribution < 1.29 is 9.50 Å². The van der Waals surface area contributed by atoms with Gasteiger partial charge in [-0.25, -0.2) is 4.39 Å². The van der Waals surface area contributed by atoms with Gasteiger partial charge in [0.15, 0.2) is 0 Å². The zero-order chi connectivity index (χ0) is 14.7. The highest BCUT2D eigenvalue weighted by Crippen LogP contribution is 2.35. The fourth-order valence-electron chi connectivity index (χ4n) is 3.19. The Kier molecular flexibility index (Phi) is 4.04. The monoisotopic (exact) mass is 285 g/mol. The molecule has 1 fully saturated rings. The third kappa shape index (κ3) is 2.99. The summed E-state index contributed by atoms with van der Waals surface area (Å²) in [6.07, 6.45) is 0.905. The SMILES string of the molecule is OCC1(c2ccc(F)cc2)CCN(Cc2ccccc2)C1. The molecule has 1 unspecified atom stereocenters. The van der Waals surface area contributed by atoms with E-state index in [1.807, 2.05) is 18.2 Å². The lowest BCUT2D eigenvalue weighted by Crippen LogP contribution is -2.34. The Balaban J connectivity index is 1.75. The smallest absolute Gasteiger partial charge is 0.123 e. The third-order valence-electron chi connectivity index (χ3n) is 4.44. The van der Waals surface area contributed by atoms with Gasteiger partial charge in [-0.15, -0.1) is 0 Å². The molecule has 110 valence electrons. The van der Waals surface area contributed by atoms with Crippen molar-refractivity contribution in [1.29, 1.82) is 0 Å². The second-order valence-corrected chi connectivity index (χ2v) is 5.89. The molecule has 1 saturated heterocycles. The van der Waals surface area contributed by atoms with Crippen LogP contribution in [0.1, 0.15) is 17.5 Å². The van der Waals surface area contributed by atoms with Crippen molar-refractivity contribution in [2.75, 3.05) is 19.7 Å². The highest BCUT2D eigenvalue weighted by Gasteiger charge is 2.39. The van der Waals surface area contributed by atoms with Crippen molar-refractivity contribution in [3.8, 4) is 0 Å². The Hall–Kier alpha value is -1.71. The van der Waals surface area contributed by atoms with Crippen molar-refractivity contribution in [2.45, 2.75) is 18.4 Å². The number of rotatable bonds is 4. The fourth-order valence-corrected chi connectivity index (χ4v) is 3.19. The van der Waals surface area contributed by atoms with Gasteiger partial charge in [0.25, 0.3) is 0 Å². The van der Waals surface area contributed by atoms with E-state index in [0.717, 1.165) is 31.6 Å². The average molecular weight is 285 g/mol. The van der Waals surface area contributed by atoms with Crippen LogP contribution in [0, 0.1) is 5.82 Å². The highest BCUT2D eigenvalue weighted by molar-refractivity contribution is 5.28. The van der Waals surface area contributed by atoms with Gasteiger partial charge in [0.05, 0.1) is 6.61 Å². The molecule has 3 rings (SSSR count). The van der Waals surface area contributed by atoms with Crippen LogP contribution in [0.2, 0.25) is 0 Å². The maximum Gasteiger partial charge on any atom is 0.123 e. The first-order valence-electron chi connectivity index (χ1n) is 7.35. The predicted molar refractivity (Wildman–Crippen MR) is 81.5 cm³/mol. The van der Waals surface area contributed by atoms with Gasteiger partial charge in [0, 0.05) is 18.5 Å². The van der Waals surface area contributed by atoms with Crippen LogP contribution in [0.5, 0.6) is 0 Å². The number of likely N-dealkylation sites (tertiary alicyclic amines) is 1. The molecule has 2 aromatic rings. The van der Waals surface area contributed by atoms with E-state index >= 15 is 0 Å². The normalized spacial score (nSPS) is 22.6. The fraction of sp³-hybridized carbons (Fsp3) is 0.333. The number of hydrogen-bond donors (Lipinski definition) is 1. The molecule has 1 heterocycles. The zero-order valence-corrected chi connectivity index (χ0v) is 12.0. The van der Waals surface area contributed by atoms with Crippen molar-refractivity contribution in [2.24, 2.45) is 0 Å². The van der Waals surface area contributed by atoms with Crippen molar-refractivity contribution >= 4 is 0 Å². The van der Waals surface area contributed by atoms with E-state index in [-0.39, 0.29) is 17.8 Å². The molecule has 1 atom stereocenters. The molecule has 1 aliphatic heterocycles. The molecule has 0 spiro atoms. The van der Waals surface area contributed by atoms with Gasteiger partial charge in [-0.1, -0.05) is 42.5 Å². The quantitative estimate of drug-likeness (QED) is 0.933. The van der Waals surface area contributed by atoms with E-state index in [2.05, 4.69) is 17.0 Å². The van der Waals surface area contributed by atoms with Crippen LogP contribution in [0.25, 0.3) is 0 Å². The number of aliphatic hydroxyl groups is 1. The Morgan fingerprint density at radius 1 is 1.05 bits per heavy atom. The molecule has 2 nitrogen and oxygen atoms in total. The molecular formula is C18H20FNO. The summed E-state index contributed by atoms with van der Waals surface area (Å²) < 4.78 is 13.1. The first kappa shape index (κ1) is 14.2. The van der Waals surface area contributed by atoms with Crippen LogP contribution < -0.4 is 0 Å². The lowest BCUT2D eigenvalue weighted by Gasteiger charge is -2.28. The standard InChI is InChI=1S/C18H20FNO/c19-17-8-6-16(7-9-17)18(14-21)10-11-20(13-18)12-15-4-2-1-3-5-15/h1-9,21H,10-14H2. The number of aliphatic hydroxyl groups excluding tert-OH is 1. The van der Waals surface area contributed by atoms with Crippen molar-refractivity contribution in [3.05, 3.63) is 71.5 Å². The number of halogens is 1. The third-order valence-corrected chi connectivity index (χ3v) is 4.44. The van der Waals surface area contributed by atoms with Gasteiger partial charge in [-0.2, -0.15) is 0 Å². The van der Waals surface area contributed by atoms with E-state index in [1.54, 1.807) is 12.1 Å². The maximum absolute atomic E-state index is 13.1. The van der Waals surface area contributed by atoms with Gasteiger partial charge in [-0.3, -0.25) is 4.90 Å². The summed E-state index contributed by atoms with van der Waals surface area (Å²) >= 11 is 0. The Labute approximate surface area is 124 Å². The lowest BCUT2D eigenvalue weighted by atomic mass is 9.80. The van der Waals surface area contributed by atoms with Crippen molar-refractivity contribution in [1.82, 2.24) is 4.90 Å². The number of nitrogens with zero attached hydrogens (tertiary/aromatic N) is 1. The zero-order valence-electron chi connectivity index (χ0n) is 12.0. The first-order chi connectivity index (χ1) is 10.2. The number of benzene rings is 2. The van der Waals surface area contributed by atoms with Crippen molar-refractivity contribution in [3.63, 3.8) is 0 Å². The molecule has 1 N–H and O–H groups in total. The largest absolute Gasteiger partial charge is 0.395 e. The summed E-state index contributed by atoms with van der Waals surface area (Å²) in [6, 6.07) is 16.9. The summed E-state index contributed by atoms with van der Waals surface area (Å²) in [5, 5.41) is 9.90. The first-order valence-corrected chi connectivity index (χ1v) is 7.35. The summed E-state index contributed by atoms with van der Waals surface area (Å²) in [5.74, 6) is -0.231. The van der Waals surface area contributed by atoms with E-state index < -0.39 is 0 Å².